The summed E-state index contributed by atoms with van der Waals surface area (Å²) in [5.74, 6) is -0.249. The van der Waals surface area contributed by atoms with Gasteiger partial charge in [-0.25, -0.2) is 4.98 Å². The second-order valence-corrected chi connectivity index (χ2v) is 4.11. The van der Waals surface area contributed by atoms with Gasteiger partial charge in [0.05, 0.1) is 0 Å². The zero-order valence-electron chi connectivity index (χ0n) is 8.87. The lowest BCUT2D eigenvalue weighted by molar-refractivity contribution is -0.117. The van der Waals surface area contributed by atoms with Crippen LogP contribution in [0, 0.1) is 0 Å². The number of anilines is 1. The van der Waals surface area contributed by atoms with Gasteiger partial charge in [0.1, 0.15) is 6.04 Å². The Bertz CT molecular complexity index is 461. The van der Waals surface area contributed by atoms with Crippen molar-refractivity contribution in [1.29, 1.82) is 0 Å². The lowest BCUT2D eigenvalue weighted by Crippen LogP contribution is -2.27. The van der Waals surface area contributed by atoms with E-state index in [9.17, 15) is 4.79 Å². The van der Waals surface area contributed by atoms with E-state index in [1.807, 2.05) is 30.3 Å². The van der Waals surface area contributed by atoms with Gasteiger partial charge in [-0.2, -0.15) is 0 Å². The Balaban J connectivity index is 0.00000144. The number of aromatic nitrogens is 1. The topological polar surface area (TPSA) is 68.0 Å². The number of hydrogen-bond acceptors (Lipinski definition) is 4. The van der Waals surface area contributed by atoms with Crippen LogP contribution < -0.4 is 11.1 Å². The third kappa shape index (κ3) is 3.52. The van der Waals surface area contributed by atoms with E-state index in [0.29, 0.717) is 5.13 Å². The molecule has 1 unspecified atom stereocenters. The zero-order chi connectivity index (χ0) is 11.4. The molecule has 2 aromatic rings. The summed E-state index contributed by atoms with van der Waals surface area (Å²) in [7, 11) is 0. The Kier molecular flexibility index (Phi) is 5.09. The fourth-order valence-electron chi connectivity index (χ4n) is 1.28. The molecular weight excluding hydrogens is 258 g/mol. The van der Waals surface area contributed by atoms with Crippen LogP contribution in [-0.4, -0.2) is 10.9 Å². The number of rotatable bonds is 3. The highest BCUT2D eigenvalue weighted by atomic mass is 35.5. The predicted molar refractivity (Wildman–Crippen MR) is 71.4 cm³/mol. The number of nitrogens with one attached hydrogen (secondary N) is 1. The van der Waals surface area contributed by atoms with E-state index in [0.717, 1.165) is 5.56 Å². The van der Waals surface area contributed by atoms with Crippen molar-refractivity contribution in [2.75, 3.05) is 5.32 Å². The minimum absolute atomic E-state index is 0. The molecular formula is C11H12ClN3OS. The zero-order valence-corrected chi connectivity index (χ0v) is 10.5. The molecule has 1 heterocycles. The largest absolute Gasteiger partial charge is 0.316 e. The smallest absolute Gasteiger partial charge is 0.247 e. The van der Waals surface area contributed by atoms with Gasteiger partial charge in [0.2, 0.25) is 5.91 Å². The number of carbonyl (C=O) groups excluding carboxylic acids is 1. The van der Waals surface area contributed by atoms with E-state index in [1.165, 1.54) is 11.3 Å². The Morgan fingerprint density at radius 1 is 1.35 bits per heavy atom. The standard InChI is InChI=1S/C11H11N3OS.ClH/c12-9(8-4-2-1-3-5-8)10(15)14-11-13-6-7-16-11;/h1-7,9H,12H2,(H,13,14,15);1H. The molecule has 1 aromatic carbocycles. The normalized spacial score (nSPS) is 11.4. The number of hydrogen-bond donors (Lipinski definition) is 2. The molecule has 0 bridgehead atoms. The van der Waals surface area contributed by atoms with Crippen LogP contribution in [-0.2, 0) is 4.79 Å². The molecule has 1 atom stereocenters. The Morgan fingerprint density at radius 2 is 2.06 bits per heavy atom. The molecule has 1 amide bonds. The minimum Gasteiger partial charge on any atom is -0.316 e. The first-order valence-electron chi connectivity index (χ1n) is 4.78. The van der Waals surface area contributed by atoms with Crippen molar-refractivity contribution in [3.63, 3.8) is 0 Å². The summed E-state index contributed by atoms with van der Waals surface area (Å²) in [5.41, 5.74) is 6.61. The van der Waals surface area contributed by atoms with Crippen molar-refractivity contribution in [2.24, 2.45) is 5.73 Å². The first-order chi connectivity index (χ1) is 7.77. The maximum atomic E-state index is 11.7. The van der Waals surface area contributed by atoms with Gasteiger partial charge in [-0.3, -0.25) is 4.79 Å². The number of thiazole rings is 1. The van der Waals surface area contributed by atoms with E-state index in [4.69, 9.17) is 5.73 Å². The minimum atomic E-state index is -0.662. The molecule has 1 aromatic heterocycles. The summed E-state index contributed by atoms with van der Waals surface area (Å²) < 4.78 is 0. The first kappa shape index (κ1) is 13.6. The van der Waals surface area contributed by atoms with Crippen LogP contribution in [0.2, 0.25) is 0 Å². The molecule has 17 heavy (non-hydrogen) atoms. The third-order valence-corrected chi connectivity index (χ3v) is 2.79. The highest BCUT2D eigenvalue weighted by Crippen LogP contribution is 2.15. The van der Waals surface area contributed by atoms with Gasteiger partial charge in [0, 0.05) is 11.6 Å². The van der Waals surface area contributed by atoms with Crippen molar-refractivity contribution >= 4 is 34.8 Å². The van der Waals surface area contributed by atoms with Gasteiger partial charge in [-0.1, -0.05) is 30.3 Å². The van der Waals surface area contributed by atoms with Crippen molar-refractivity contribution < 1.29 is 4.79 Å². The van der Waals surface area contributed by atoms with Crippen molar-refractivity contribution in [3.8, 4) is 0 Å². The molecule has 0 aliphatic heterocycles. The van der Waals surface area contributed by atoms with Crippen LogP contribution in [0.25, 0.3) is 0 Å². The van der Waals surface area contributed by atoms with E-state index in [-0.39, 0.29) is 18.3 Å². The van der Waals surface area contributed by atoms with Gasteiger partial charge in [0.15, 0.2) is 5.13 Å². The molecule has 6 heteroatoms. The molecule has 0 fully saturated rings. The van der Waals surface area contributed by atoms with Gasteiger partial charge in [-0.05, 0) is 5.56 Å². The van der Waals surface area contributed by atoms with Crippen molar-refractivity contribution in [2.45, 2.75) is 6.04 Å². The maximum absolute atomic E-state index is 11.7. The van der Waals surface area contributed by atoms with Crippen LogP contribution in [0.3, 0.4) is 0 Å². The summed E-state index contributed by atoms with van der Waals surface area (Å²) in [5, 5.41) is 5.03. The molecule has 0 aliphatic carbocycles. The molecule has 90 valence electrons. The number of amides is 1. The lowest BCUT2D eigenvalue weighted by Gasteiger charge is -2.10. The van der Waals surface area contributed by atoms with E-state index in [2.05, 4.69) is 10.3 Å². The van der Waals surface area contributed by atoms with Gasteiger partial charge in [-0.15, -0.1) is 23.7 Å². The molecule has 4 nitrogen and oxygen atoms in total. The Hall–Kier alpha value is -1.43. The average Bonchev–Trinajstić information content (AvgIpc) is 2.82. The fraction of sp³-hybridized carbons (Fsp3) is 0.0909. The number of halogens is 1. The van der Waals surface area contributed by atoms with Crippen LogP contribution in [0.4, 0.5) is 5.13 Å². The molecule has 0 saturated heterocycles. The van der Waals surface area contributed by atoms with Crippen LogP contribution in [0.5, 0.6) is 0 Å². The monoisotopic (exact) mass is 269 g/mol. The number of carbonyl (C=O) groups is 1. The lowest BCUT2D eigenvalue weighted by atomic mass is 10.1. The highest BCUT2D eigenvalue weighted by Gasteiger charge is 2.15. The van der Waals surface area contributed by atoms with Gasteiger partial charge >= 0.3 is 0 Å². The highest BCUT2D eigenvalue weighted by molar-refractivity contribution is 7.13. The number of benzene rings is 1. The average molecular weight is 270 g/mol. The summed E-state index contributed by atoms with van der Waals surface area (Å²) >= 11 is 1.37. The molecule has 0 spiro atoms. The van der Waals surface area contributed by atoms with Crippen LogP contribution in [0.1, 0.15) is 11.6 Å². The third-order valence-electron chi connectivity index (χ3n) is 2.10. The summed E-state index contributed by atoms with van der Waals surface area (Å²) in [6.45, 7) is 0. The maximum Gasteiger partial charge on any atom is 0.247 e. The Morgan fingerprint density at radius 3 is 2.65 bits per heavy atom. The summed E-state index contributed by atoms with van der Waals surface area (Å²) in [6.07, 6.45) is 1.63. The summed E-state index contributed by atoms with van der Waals surface area (Å²) in [6, 6.07) is 8.58. The quantitative estimate of drug-likeness (QED) is 0.898. The second-order valence-electron chi connectivity index (χ2n) is 3.21. The van der Waals surface area contributed by atoms with Gasteiger partial charge in [0.25, 0.3) is 0 Å². The molecule has 2 rings (SSSR count). The number of nitrogens with zero attached hydrogens (tertiary/aromatic N) is 1. The fourth-order valence-corrected chi connectivity index (χ4v) is 1.81. The molecule has 0 saturated carbocycles. The van der Waals surface area contributed by atoms with Crippen LogP contribution >= 0.6 is 23.7 Å². The van der Waals surface area contributed by atoms with Crippen LogP contribution in [0.15, 0.2) is 41.9 Å². The van der Waals surface area contributed by atoms with E-state index >= 15 is 0 Å². The predicted octanol–water partition coefficient (Wildman–Crippen LogP) is 2.20. The van der Waals surface area contributed by atoms with Gasteiger partial charge < -0.3 is 11.1 Å². The first-order valence-corrected chi connectivity index (χ1v) is 5.66. The van der Waals surface area contributed by atoms with E-state index in [1.54, 1.807) is 11.6 Å². The molecule has 0 radical (unpaired) electrons. The molecule has 3 N–H and O–H groups in total. The van der Waals surface area contributed by atoms with Crippen molar-refractivity contribution in [3.05, 3.63) is 47.5 Å². The Labute approximate surface area is 109 Å². The summed E-state index contributed by atoms with van der Waals surface area (Å²) in [4.78, 5) is 15.7. The van der Waals surface area contributed by atoms with Crippen molar-refractivity contribution in [1.82, 2.24) is 4.98 Å². The SMILES string of the molecule is Cl.NC(C(=O)Nc1nccs1)c1ccccc1. The number of nitrogens with two attached hydrogens (primary N) is 1. The van der Waals surface area contributed by atoms with E-state index < -0.39 is 6.04 Å². The second kappa shape index (κ2) is 6.34. The molecule has 0 aliphatic rings.